The maximum Gasteiger partial charge on any atom is 0.255 e. The molecule has 0 radical (unpaired) electrons. The van der Waals surface area contributed by atoms with Crippen molar-refractivity contribution in [3.8, 4) is 0 Å². The number of carbonyl (C=O) groups excluding carboxylic acids is 1. The minimum Gasteiger partial charge on any atom is -0.336 e. The molecule has 1 aromatic heterocycles. The second-order valence-electron chi connectivity index (χ2n) is 4.52. The van der Waals surface area contributed by atoms with Crippen LogP contribution in [0, 0.1) is 0 Å². The first-order valence-corrected chi connectivity index (χ1v) is 7.48. The van der Waals surface area contributed by atoms with E-state index in [1.807, 2.05) is 6.92 Å². The van der Waals surface area contributed by atoms with Gasteiger partial charge in [-0.2, -0.15) is 5.10 Å². The summed E-state index contributed by atoms with van der Waals surface area (Å²) in [4.78, 5) is 14.0. The van der Waals surface area contributed by atoms with Crippen molar-refractivity contribution in [1.82, 2.24) is 14.7 Å². The number of hydrogen-bond acceptors (Lipinski definition) is 2. The van der Waals surface area contributed by atoms with E-state index in [2.05, 4.69) is 5.10 Å². The van der Waals surface area contributed by atoms with Crippen molar-refractivity contribution in [3.63, 3.8) is 0 Å². The lowest BCUT2D eigenvalue weighted by Gasteiger charge is -2.19. The highest BCUT2D eigenvalue weighted by Crippen LogP contribution is 2.27. The van der Waals surface area contributed by atoms with Gasteiger partial charge < -0.3 is 4.90 Å². The summed E-state index contributed by atoms with van der Waals surface area (Å²) in [5.41, 5.74) is 1.15. The number of benzene rings is 1. The Balaban J connectivity index is 2.24. The summed E-state index contributed by atoms with van der Waals surface area (Å²) in [6, 6.07) is 4.98. The summed E-state index contributed by atoms with van der Waals surface area (Å²) < 4.78 is 1.76. The molecule has 0 aliphatic carbocycles. The van der Waals surface area contributed by atoms with Gasteiger partial charge in [-0.1, -0.05) is 40.9 Å². The molecule has 112 valence electrons. The number of rotatable bonds is 4. The van der Waals surface area contributed by atoms with E-state index in [1.165, 1.54) is 4.90 Å². The number of hydrogen-bond donors (Lipinski definition) is 0. The van der Waals surface area contributed by atoms with Gasteiger partial charge >= 0.3 is 0 Å². The van der Waals surface area contributed by atoms with E-state index in [0.29, 0.717) is 28.7 Å². The van der Waals surface area contributed by atoms with Crippen LogP contribution in [-0.2, 0) is 13.1 Å². The van der Waals surface area contributed by atoms with Crippen LogP contribution in [0.15, 0.2) is 24.4 Å². The molecule has 2 rings (SSSR count). The van der Waals surface area contributed by atoms with E-state index < -0.39 is 0 Å². The minimum absolute atomic E-state index is 0.220. The lowest BCUT2D eigenvalue weighted by molar-refractivity contribution is 0.0782. The van der Waals surface area contributed by atoms with Gasteiger partial charge in [-0.3, -0.25) is 9.48 Å². The first kappa shape index (κ1) is 16.1. The van der Waals surface area contributed by atoms with Crippen molar-refractivity contribution in [2.75, 3.05) is 7.05 Å². The Morgan fingerprint density at radius 2 is 2.00 bits per heavy atom. The van der Waals surface area contributed by atoms with E-state index in [9.17, 15) is 4.79 Å². The molecule has 0 saturated heterocycles. The average molecular weight is 347 g/mol. The van der Waals surface area contributed by atoms with Crippen LogP contribution in [0.2, 0.25) is 15.1 Å². The third-order valence-corrected chi connectivity index (χ3v) is 4.25. The molecule has 0 atom stereocenters. The summed E-state index contributed by atoms with van der Waals surface area (Å²) in [7, 11) is 1.68. The van der Waals surface area contributed by atoms with E-state index in [-0.39, 0.29) is 10.9 Å². The van der Waals surface area contributed by atoms with Crippen LogP contribution >= 0.6 is 34.8 Å². The fourth-order valence-electron chi connectivity index (χ4n) is 1.99. The standard InChI is InChI=1S/C14H14Cl3N3O/c1-3-20-12(11(16)7-18-20)8-19(2)14(21)9-5-4-6-10(15)13(9)17/h4-7H,3,8H2,1-2H3. The number of halogens is 3. The number of aromatic nitrogens is 2. The van der Waals surface area contributed by atoms with Crippen LogP contribution in [-0.4, -0.2) is 27.6 Å². The Labute approximate surface area is 138 Å². The average Bonchev–Trinajstić information content (AvgIpc) is 2.82. The fourth-order valence-corrected chi connectivity index (χ4v) is 2.57. The Morgan fingerprint density at radius 1 is 1.29 bits per heavy atom. The zero-order valence-electron chi connectivity index (χ0n) is 11.6. The van der Waals surface area contributed by atoms with Gasteiger partial charge in [0.25, 0.3) is 5.91 Å². The lowest BCUT2D eigenvalue weighted by Crippen LogP contribution is -2.28. The van der Waals surface area contributed by atoms with Crippen molar-refractivity contribution in [3.05, 3.63) is 50.7 Å². The summed E-state index contributed by atoms with van der Waals surface area (Å²) >= 11 is 18.1. The Hall–Kier alpha value is -1.23. The molecule has 2 aromatic rings. The largest absolute Gasteiger partial charge is 0.336 e. The number of aryl methyl sites for hydroxylation is 1. The zero-order valence-corrected chi connectivity index (χ0v) is 13.9. The van der Waals surface area contributed by atoms with Gasteiger partial charge in [0.15, 0.2) is 0 Å². The van der Waals surface area contributed by atoms with Crippen LogP contribution in [0.5, 0.6) is 0 Å². The molecule has 0 spiro atoms. The molecule has 0 saturated carbocycles. The highest BCUT2D eigenvalue weighted by atomic mass is 35.5. The molecule has 0 aliphatic rings. The molecule has 1 heterocycles. The molecule has 1 amide bonds. The van der Waals surface area contributed by atoms with E-state index in [0.717, 1.165) is 5.69 Å². The molecule has 0 bridgehead atoms. The van der Waals surface area contributed by atoms with Crippen LogP contribution in [0.25, 0.3) is 0 Å². The monoisotopic (exact) mass is 345 g/mol. The summed E-state index contributed by atoms with van der Waals surface area (Å²) in [6.07, 6.45) is 1.57. The van der Waals surface area contributed by atoms with Gasteiger partial charge in [0.1, 0.15) is 0 Å². The minimum atomic E-state index is -0.220. The number of amides is 1. The molecular formula is C14H14Cl3N3O. The van der Waals surface area contributed by atoms with Gasteiger partial charge in [0.05, 0.1) is 39.1 Å². The summed E-state index contributed by atoms with van der Waals surface area (Å²) in [6.45, 7) is 2.98. The van der Waals surface area contributed by atoms with Gasteiger partial charge in [-0.05, 0) is 19.1 Å². The van der Waals surface area contributed by atoms with Crippen LogP contribution in [0.1, 0.15) is 23.0 Å². The highest BCUT2D eigenvalue weighted by molar-refractivity contribution is 6.43. The van der Waals surface area contributed by atoms with Crippen molar-refractivity contribution in [2.45, 2.75) is 20.0 Å². The van der Waals surface area contributed by atoms with Gasteiger partial charge in [-0.15, -0.1) is 0 Å². The smallest absolute Gasteiger partial charge is 0.255 e. The van der Waals surface area contributed by atoms with E-state index >= 15 is 0 Å². The van der Waals surface area contributed by atoms with Crippen molar-refractivity contribution >= 4 is 40.7 Å². The first-order chi connectivity index (χ1) is 9.95. The Bertz CT molecular complexity index is 669. The second-order valence-corrected chi connectivity index (χ2v) is 5.71. The third-order valence-electron chi connectivity index (χ3n) is 3.11. The Kier molecular flexibility index (Phi) is 5.14. The van der Waals surface area contributed by atoms with Gasteiger partial charge in [0, 0.05) is 13.6 Å². The first-order valence-electron chi connectivity index (χ1n) is 6.35. The SMILES string of the molecule is CCn1ncc(Cl)c1CN(C)C(=O)c1cccc(Cl)c1Cl. The van der Waals surface area contributed by atoms with Gasteiger partial charge in [0.2, 0.25) is 0 Å². The van der Waals surface area contributed by atoms with E-state index in [1.54, 1.807) is 36.1 Å². The molecule has 7 heteroatoms. The topological polar surface area (TPSA) is 38.1 Å². The van der Waals surface area contributed by atoms with E-state index in [4.69, 9.17) is 34.8 Å². The molecule has 4 nitrogen and oxygen atoms in total. The maximum absolute atomic E-state index is 12.5. The summed E-state index contributed by atoms with van der Waals surface area (Å²) in [5, 5.41) is 5.30. The molecule has 0 unspecified atom stereocenters. The zero-order chi connectivity index (χ0) is 15.6. The van der Waals surface area contributed by atoms with Crippen molar-refractivity contribution in [1.29, 1.82) is 0 Å². The molecule has 1 aromatic carbocycles. The second kappa shape index (κ2) is 6.69. The van der Waals surface area contributed by atoms with Gasteiger partial charge in [-0.25, -0.2) is 0 Å². The quantitative estimate of drug-likeness (QED) is 0.834. The molecule has 21 heavy (non-hydrogen) atoms. The van der Waals surface area contributed by atoms with Crippen LogP contribution in [0.3, 0.4) is 0 Å². The molecule has 0 aliphatic heterocycles. The normalized spacial score (nSPS) is 10.7. The maximum atomic E-state index is 12.5. The summed E-state index contributed by atoms with van der Waals surface area (Å²) in [5.74, 6) is -0.220. The lowest BCUT2D eigenvalue weighted by atomic mass is 10.2. The number of carbonyl (C=O) groups is 1. The molecular weight excluding hydrogens is 333 g/mol. The van der Waals surface area contributed by atoms with Crippen LogP contribution in [0.4, 0.5) is 0 Å². The Morgan fingerprint density at radius 3 is 2.67 bits per heavy atom. The fraction of sp³-hybridized carbons (Fsp3) is 0.286. The van der Waals surface area contributed by atoms with Crippen molar-refractivity contribution in [2.24, 2.45) is 0 Å². The highest BCUT2D eigenvalue weighted by Gasteiger charge is 2.19. The third kappa shape index (κ3) is 3.34. The number of nitrogens with zero attached hydrogens (tertiary/aromatic N) is 3. The molecule has 0 N–H and O–H groups in total. The van der Waals surface area contributed by atoms with Crippen LogP contribution < -0.4 is 0 Å². The predicted octanol–water partition coefficient (Wildman–Crippen LogP) is 4.14. The predicted molar refractivity (Wildman–Crippen MR) is 85.2 cm³/mol. The molecule has 0 fully saturated rings. The van der Waals surface area contributed by atoms with Crippen molar-refractivity contribution < 1.29 is 4.79 Å².